The standard InChI is InChI=1S/C19H24N6/c1-12-7-13(2)23-19(22-12)24-9-14-8-15(10-24)25(14)18-16-5-3-4-6-17(16)20-11-21-18/h7,11,14-15H,3-6,8-10H2,1-2H3. The van der Waals surface area contributed by atoms with Gasteiger partial charge < -0.3 is 9.80 Å². The minimum atomic E-state index is 0.518. The number of hydrogen-bond acceptors (Lipinski definition) is 6. The molecule has 2 atom stereocenters. The maximum atomic E-state index is 4.69. The maximum Gasteiger partial charge on any atom is 0.225 e. The van der Waals surface area contributed by atoms with Crippen molar-refractivity contribution in [3.8, 4) is 0 Å². The van der Waals surface area contributed by atoms with Crippen LogP contribution in [0.15, 0.2) is 12.4 Å². The maximum absolute atomic E-state index is 4.69. The van der Waals surface area contributed by atoms with Gasteiger partial charge in [0.15, 0.2) is 0 Å². The molecule has 0 spiro atoms. The average Bonchev–Trinajstić information content (AvgIpc) is 2.61. The molecule has 2 aromatic heterocycles. The zero-order chi connectivity index (χ0) is 17.0. The Labute approximate surface area is 148 Å². The molecule has 1 aliphatic carbocycles. The van der Waals surface area contributed by atoms with Crippen LogP contribution in [0.25, 0.3) is 0 Å². The van der Waals surface area contributed by atoms with E-state index in [1.165, 1.54) is 36.3 Å². The van der Waals surface area contributed by atoms with Crippen molar-refractivity contribution in [2.75, 3.05) is 22.9 Å². The molecule has 0 amide bonds. The van der Waals surface area contributed by atoms with Crippen LogP contribution in [0.1, 0.15) is 41.9 Å². The second-order valence-corrected chi connectivity index (χ2v) is 7.64. The zero-order valence-electron chi connectivity index (χ0n) is 14.9. The molecule has 3 fully saturated rings. The quantitative estimate of drug-likeness (QED) is 0.838. The van der Waals surface area contributed by atoms with Crippen molar-refractivity contribution >= 4 is 11.8 Å². The number of piperidine rings is 1. The van der Waals surface area contributed by atoms with E-state index in [9.17, 15) is 0 Å². The third-order valence-corrected chi connectivity index (χ3v) is 5.79. The molecular weight excluding hydrogens is 312 g/mol. The lowest BCUT2D eigenvalue weighted by molar-refractivity contribution is 0.285. The molecule has 6 nitrogen and oxygen atoms in total. The molecule has 2 aromatic rings. The highest BCUT2D eigenvalue weighted by Crippen LogP contribution is 2.40. The second-order valence-electron chi connectivity index (χ2n) is 7.64. The van der Waals surface area contributed by atoms with Gasteiger partial charge in [0, 0.05) is 35.7 Å². The Morgan fingerprint density at radius 3 is 2.44 bits per heavy atom. The largest absolute Gasteiger partial charge is 0.347 e. The Morgan fingerprint density at radius 2 is 1.68 bits per heavy atom. The topological polar surface area (TPSA) is 58.0 Å². The van der Waals surface area contributed by atoms with Gasteiger partial charge in [-0.3, -0.25) is 0 Å². The Bertz CT molecular complexity index is 787. The summed E-state index contributed by atoms with van der Waals surface area (Å²) < 4.78 is 0. The Hall–Kier alpha value is -2.24. The number of hydrogen-bond donors (Lipinski definition) is 0. The highest BCUT2D eigenvalue weighted by atomic mass is 15.4. The van der Waals surface area contributed by atoms with Crippen molar-refractivity contribution in [1.29, 1.82) is 0 Å². The van der Waals surface area contributed by atoms with E-state index < -0.39 is 0 Å². The van der Waals surface area contributed by atoms with E-state index in [0.717, 1.165) is 43.3 Å². The molecule has 25 heavy (non-hydrogen) atoms. The fraction of sp³-hybridized carbons (Fsp3) is 0.579. The fourth-order valence-electron chi connectivity index (χ4n) is 4.69. The summed E-state index contributed by atoms with van der Waals surface area (Å²) in [6, 6.07) is 3.07. The monoisotopic (exact) mass is 336 g/mol. The average molecular weight is 336 g/mol. The Kier molecular flexibility index (Phi) is 3.40. The van der Waals surface area contributed by atoms with Gasteiger partial charge in [-0.15, -0.1) is 0 Å². The fourth-order valence-corrected chi connectivity index (χ4v) is 4.69. The molecule has 6 heteroatoms. The van der Waals surface area contributed by atoms with Crippen molar-refractivity contribution in [3.63, 3.8) is 0 Å². The Morgan fingerprint density at radius 1 is 0.960 bits per heavy atom. The van der Waals surface area contributed by atoms with Crippen LogP contribution >= 0.6 is 0 Å². The van der Waals surface area contributed by atoms with Gasteiger partial charge in [-0.25, -0.2) is 19.9 Å². The molecule has 3 aliphatic heterocycles. The van der Waals surface area contributed by atoms with E-state index in [4.69, 9.17) is 0 Å². The molecule has 4 aliphatic rings. The molecule has 130 valence electrons. The molecule has 2 unspecified atom stereocenters. The van der Waals surface area contributed by atoms with Crippen molar-refractivity contribution in [2.24, 2.45) is 0 Å². The van der Waals surface area contributed by atoms with E-state index in [1.807, 2.05) is 19.9 Å². The van der Waals surface area contributed by atoms with Crippen LogP contribution in [-0.4, -0.2) is 45.1 Å². The van der Waals surface area contributed by atoms with Crippen LogP contribution in [0, 0.1) is 13.8 Å². The highest BCUT2D eigenvalue weighted by molar-refractivity contribution is 5.56. The van der Waals surface area contributed by atoms with Crippen molar-refractivity contribution < 1.29 is 0 Å². The molecule has 5 heterocycles. The summed E-state index contributed by atoms with van der Waals surface area (Å²) in [5, 5.41) is 0. The van der Waals surface area contributed by atoms with Gasteiger partial charge in [-0.2, -0.15) is 0 Å². The lowest BCUT2D eigenvalue weighted by Crippen LogP contribution is -2.70. The van der Waals surface area contributed by atoms with Gasteiger partial charge >= 0.3 is 0 Å². The van der Waals surface area contributed by atoms with Crippen LogP contribution in [0.3, 0.4) is 0 Å². The number of nitrogens with zero attached hydrogens (tertiary/aromatic N) is 6. The first-order valence-electron chi connectivity index (χ1n) is 9.37. The van der Waals surface area contributed by atoms with Gasteiger partial charge in [0.05, 0.1) is 12.1 Å². The third-order valence-electron chi connectivity index (χ3n) is 5.79. The summed E-state index contributed by atoms with van der Waals surface area (Å²) >= 11 is 0. The first-order valence-corrected chi connectivity index (χ1v) is 9.37. The molecule has 0 N–H and O–H groups in total. The molecule has 3 saturated heterocycles. The van der Waals surface area contributed by atoms with Crippen molar-refractivity contribution in [1.82, 2.24) is 19.9 Å². The normalized spacial score (nSPS) is 24.7. The minimum absolute atomic E-state index is 0.518. The number of rotatable bonds is 2. The van der Waals surface area contributed by atoms with Crippen LogP contribution in [0.2, 0.25) is 0 Å². The zero-order valence-corrected chi connectivity index (χ0v) is 14.9. The summed E-state index contributed by atoms with van der Waals surface area (Å²) in [5.74, 6) is 2.09. The number of piperazine rings is 1. The van der Waals surface area contributed by atoms with Gasteiger partial charge in [0.25, 0.3) is 0 Å². The number of aryl methyl sites for hydroxylation is 3. The summed E-state index contributed by atoms with van der Waals surface area (Å²) in [5.41, 5.74) is 4.77. The minimum Gasteiger partial charge on any atom is -0.347 e. The van der Waals surface area contributed by atoms with Crippen LogP contribution < -0.4 is 9.80 Å². The van der Waals surface area contributed by atoms with Crippen LogP contribution in [0.5, 0.6) is 0 Å². The number of anilines is 2. The van der Waals surface area contributed by atoms with E-state index >= 15 is 0 Å². The smallest absolute Gasteiger partial charge is 0.225 e. The van der Waals surface area contributed by atoms with Crippen LogP contribution in [-0.2, 0) is 12.8 Å². The van der Waals surface area contributed by atoms with Gasteiger partial charge in [0.1, 0.15) is 12.1 Å². The SMILES string of the molecule is Cc1cc(C)nc(N2CC3CC(C2)N3c2ncnc3c2CCCC3)n1. The van der Waals surface area contributed by atoms with Gasteiger partial charge in [-0.05, 0) is 52.0 Å². The molecule has 6 rings (SSSR count). The Balaban J connectivity index is 1.41. The van der Waals surface area contributed by atoms with E-state index in [0.29, 0.717) is 12.1 Å². The van der Waals surface area contributed by atoms with E-state index in [-0.39, 0.29) is 0 Å². The van der Waals surface area contributed by atoms with Crippen molar-refractivity contribution in [2.45, 2.75) is 58.0 Å². The van der Waals surface area contributed by atoms with E-state index in [2.05, 4.69) is 29.7 Å². The van der Waals surface area contributed by atoms with Gasteiger partial charge in [0.2, 0.25) is 5.95 Å². The third kappa shape index (κ3) is 2.46. The predicted octanol–water partition coefficient (Wildman–Crippen LogP) is 2.23. The molecule has 0 saturated carbocycles. The van der Waals surface area contributed by atoms with Gasteiger partial charge in [-0.1, -0.05) is 0 Å². The lowest BCUT2D eigenvalue weighted by atomic mass is 9.85. The first kappa shape index (κ1) is 15.0. The second kappa shape index (κ2) is 5.64. The summed E-state index contributed by atoms with van der Waals surface area (Å²) in [6.07, 6.45) is 7.77. The summed E-state index contributed by atoms with van der Waals surface area (Å²) in [4.78, 5) is 23.4. The summed E-state index contributed by atoms with van der Waals surface area (Å²) in [6.45, 7) is 6.06. The summed E-state index contributed by atoms with van der Waals surface area (Å²) in [7, 11) is 0. The first-order chi connectivity index (χ1) is 12.2. The predicted molar refractivity (Wildman–Crippen MR) is 97.1 cm³/mol. The van der Waals surface area contributed by atoms with E-state index in [1.54, 1.807) is 6.33 Å². The molecular formula is C19H24N6. The van der Waals surface area contributed by atoms with Crippen LogP contribution in [0.4, 0.5) is 11.8 Å². The number of fused-ring (bicyclic) bond motifs is 3. The molecule has 2 bridgehead atoms. The number of aromatic nitrogens is 4. The lowest BCUT2D eigenvalue weighted by Gasteiger charge is -2.57. The molecule has 0 radical (unpaired) electrons. The van der Waals surface area contributed by atoms with Crippen molar-refractivity contribution in [3.05, 3.63) is 35.0 Å². The molecule has 0 aromatic carbocycles. The highest BCUT2D eigenvalue weighted by Gasteiger charge is 2.47.